The zero-order valence-corrected chi connectivity index (χ0v) is 15.2. The van der Waals surface area contributed by atoms with Gasteiger partial charge in [-0.1, -0.05) is 12.1 Å². The summed E-state index contributed by atoms with van der Waals surface area (Å²) < 4.78 is 10.9. The lowest BCUT2D eigenvalue weighted by Crippen LogP contribution is -2.52. The number of piperazine rings is 1. The third-order valence-corrected chi connectivity index (χ3v) is 5.11. The zero-order valence-electron chi connectivity index (χ0n) is 14.4. The topological polar surface area (TPSA) is 37.0 Å². The molecule has 2 heterocycles. The minimum Gasteiger partial charge on any atom is -0.497 e. The Balaban J connectivity index is 1.40. The third-order valence-electron chi connectivity index (χ3n) is 4.70. The maximum atomic E-state index is 5.63. The van der Waals surface area contributed by atoms with Gasteiger partial charge in [0.25, 0.3) is 0 Å². The number of nitrogens with one attached hydrogen (secondary N) is 1. The average Bonchev–Trinajstić information content (AvgIpc) is 3.14. The van der Waals surface area contributed by atoms with Gasteiger partial charge in [-0.3, -0.25) is 4.90 Å². The maximum Gasteiger partial charge on any atom is 0.169 e. The molecule has 1 aromatic carbocycles. The van der Waals surface area contributed by atoms with Gasteiger partial charge in [0.05, 0.1) is 13.2 Å². The molecule has 0 radical (unpaired) electrons. The van der Waals surface area contributed by atoms with Gasteiger partial charge in [0.15, 0.2) is 5.11 Å². The number of benzene rings is 1. The Hall–Kier alpha value is -1.37. The Kier molecular flexibility index (Phi) is 6.29. The predicted molar refractivity (Wildman–Crippen MR) is 99.4 cm³/mol. The average molecular weight is 350 g/mol. The largest absolute Gasteiger partial charge is 0.497 e. The van der Waals surface area contributed by atoms with E-state index in [1.54, 1.807) is 7.11 Å². The van der Waals surface area contributed by atoms with Gasteiger partial charge in [0.2, 0.25) is 0 Å². The molecule has 0 aromatic heterocycles. The minimum atomic E-state index is 0.331. The second-order valence-corrected chi connectivity index (χ2v) is 6.82. The number of hydrogen-bond donors (Lipinski definition) is 1. The summed E-state index contributed by atoms with van der Waals surface area (Å²) in [5.41, 5.74) is 1.29. The van der Waals surface area contributed by atoms with E-state index >= 15 is 0 Å². The second kappa shape index (κ2) is 8.65. The standard InChI is InChI=1S/C18H27N3O2S/c1-22-16-5-2-4-15(12-16)14-20-7-9-21(10-8-20)18(24)19-13-17-6-3-11-23-17/h2,4-5,12,17H,3,6-11,13-14H2,1H3,(H,19,24)/t17-/m1/s1. The summed E-state index contributed by atoms with van der Waals surface area (Å²) in [7, 11) is 1.71. The fraction of sp³-hybridized carbons (Fsp3) is 0.611. The summed E-state index contributed by atoms with van der Waals surface area (Å²) in [6.07, 6.45) is 2.64. The van der Waals surface area contributed by atoms with E-state index < -0.39 is 0 Å². The van der Waals surface area contributed by atoms with Crippen molar-refractivity contribution >= 4 is 17.3 Å². The number of hydrogen-bond acceptors (Lipinski definition) is 4. The van der Waals surface area contributed by atoms with Crippen LogP contribution in [0.25, 0.3) is 0 Å². The van der Waals surface area contributed by atoms with Crippen LogP contribution >= 0.6 is 12.2 Å². The van der Waals surface area contributed by atoms with Crippen molar-refractivity contribution in [1.29, 1.82) is 0 Å². The zero-order chi connectivity index (χ0) is 16.8. The molecule has 0 aliphatic carbocycles. The smallest absolute Gasteiger partial charge is 0.169 e. The molecule has 0 spiro atoms. The molecule has 1 atom stereocenters. The summed E-state index contributed by atoms with van der Waals surface area (Å²) in [6.45, 7) is 6.69. The molecule has 0 saturated carbocycles. The van der Waals surface area contributed by atoms with E-state index in [1.807, 2.05) is 6.07 Å². The fourth-order valence-corrected chi connectivity index (χ4v) is 3.52. The van der Waals surface area contributed by atoms with Crippen LogP contribution in [0.3, 0.4) is 0 Å². The summed E-state index contributed by atoms with van der Waals surface area (Å²) in [4.78, 5) is 4.74. The Morgan fingerprint density at radius 1 is 1.33 bits per heavy atom. The fourth-order valence-electron chi connectivity index (χ4n) is 3.26. The monoisotopic (exact) mass is 349 g/mol. The van der Waals surface area contributed by atoms with Gasteiger partial charge < -0.3 is 19.7 Å². The van der Waals surface area contributed by atoms with E-state index in [0.717, 1.165) is 63.2 Å². The molecule has 24 heavy (non-hydrogen) atoms. The van der Waals surface area contributed by atoms with Crippen molar-refractivity contribution in [3.05, 3.63) is 29.8 Å². The number of thiocarbonyl (C=S) groups is 1. The SMILES string of the molecule is COc1cccc(CN2CCN(C(=S)NC[C@H]3CCCO3)CC2)c1. The Morgan fingerprint density at radius 3 is 2.88 bits per heavy atom. The van der Waals surface area contributed by atoms with Gasteiger partial charge in [-0.15, -0.1) is 0 Å². The van der Waals surface area contributed by atoms with E-state index in [1.165, 1.54) is 12.0 Å². The first-order valence-corrected chi connectivity index (χ1v) is 9.15. The molecule has 3 rings (SSSR count). The van der Waals surface area contributed by atoms with Gasteiger partial charge in [-0.25, -0.2) is 0 Å². The Labute approximate surface area is 149 Å². The minimum absolute atomic E-state index is 0.331. The van der Waals surface area contributed by atoms with Gasteiger partial charge in [0.1, 0.15) is 5.75 Å². The molecular formula is C18H27N3O2S. The van der Waals surface area contributed by atoms with Crippen LogP contribution in [0, 0.1) is 0 Å². The van der Waals surface area contributed by atoms with E-state index in [9.17, 15) is 0 Å². The first-order valence-electron chi connectivity index (χ1n) is 8.74. The summed E-state index contributed by atoms with van der Waals surface area (Å²) >= 11 is 5.53. The highest BCUT2D eigenvalue weighted by Crippen LogP contribution is 2.15. The molecular weight excluding hydrogens is 322 g/mol. The highest BCUT2D eigenvalue weighted by atomic mass is 32.1. The Morgan fingerprint density at radius 2 is 2.17 bits per heavy atom. The van der Waals surface area contributed by atoms with Crippen LogP contribution in [0.1, 0.15) is 18.4 Å². The molecule has 0 bridgehead atoms. The van der Waals surface area contributed by atoms with Gasteiger partial charge in [-0.2, -0.15) is 0 Å². The maximum absolute atomic E-state index is 5.63. The van der Waals surface area contributed by atoms with Crippen LogP contribution in [0.4, 0.5) is 0 Å². The number of nitrogens with zero attached hydrogens (tertiary/aromatic N) is 2. The van der Waals surface area contributed by atoms with Crippen LogP contribution in [-0.2, 0) is 11.3 Å². The van der Waals surface area contributed by atoms with Crippen molar-refractivity contribution in [2.45, 2.75) is 25.5 Å². The van der Waals surface area contributed by atoms with Gasteiger partial charge in [0, 0.05) is 45.9 Å². The van der Waals surface area contributed by atoms with Crippen molar-refractivity contribution < 1.29 is 9.47 Å². The van der Waals surface area contributed by atoms with Crippen molar-refractivity contribution in [3.63, 3.8) is 0 Å². The van der Waals surface area contributed by atoms with Crippen LogP contribution in [0.2, 0.25) is 0 Å². The quantitative estimate of drug-likeness (QED) is 0.818. The van der Waals surface area contributed by atoms with Crippen molar-refractivity contribution in [1.82, 2.24) is 15.1 Å². The molecule has 0 unspecified atom stereocenters. The van der Waals surface area contributed by atoms with Gasteiger partial charge >= 0.3 is 0 Å². The lowest BCUT2D eigenvalue weighted by atomic mass is 10.2. The van der Waals surface area contributed by atoms with E-state index in [4.69, 9.17) is 21.7 Å². The number of ether oxygens (including phenoxy) is 2. The van der Waals surface area contributed by atoms with E-state index in [0.29, 0.717) is 6.10 Å². The normalized spacial score (nSPS) is 21.7. The van der Waals surface area contributed by atoms with Crippen LogP contribution in [0.5, 0.6) is 5.75 Å². The van der Waals surface area contributed by atoms with Crippen molar-refractivity contribution in [3.8, 4) is 5.75 Å². The molecule has 5 nitrogen and oxygen atoms in total. The Bertz CT molecular complexity index is 541. The lowest BCUT2D eigenvalue weighted by Gasteiger charge is -2.36. The molecule has 0 amide bonds. The first kappa shape index (κ1) is 17.5. The highest BCUT2D eigenvalue weighted by Gasteiger charge is 2.21. The molecule has 1 N–H and O–H groups in total. The van der Waals surface area contributed by atoms with Gasteiger partial charge in [-0.05, 0) is 42.8 Å². The highest BCUT2D eigenvalue weighted by molar-refractivity contribution is 7.80. The molecule has 2 aliphatic rings. The summed E-state index contributed by atoms with van der Waals surface area (Å²) in [5, 5.41) is 4.24. The van der Waals surface area contributed by atoms with Crippen LogP contribution < -0.4 is 10.1 Å². The van der Waals surface area contributed by atoms with Crippen molar-refractivity contribution in [2.24, 2.45) is 0 Å². The summed E-state index contributed by atoms with van der Waals surface area (Å²) in [6, 6.07) is 8.30. The molecule has 132 valence electrons. The predicted octanol–water partition coefficient (Wildman–Crippen LogP) is 1.87. The number of methoxy groups -OCH3 is 1. The lowest BCUT2D eigenvalue weighted by molar-refractivity contribution is 0.112. The molecule has 2 aliphatic heterocycles. The number of rotatable bonds is 5. The van der Waals surface area contributed by atoms with E-state index in [-0.39, 0.29) is 0 Å². The van der Waals surface area contributed by atoms with Crippen LogP contribution in [-0.4, -0.2) is 67.5 Å². The second-order valence-electron chi connectivity index (χ2n) is 6.44. The molecule has 6 heteroatoms. The summed E-state index contributed by atoms with van der Waals surface area (Å²) in [5.74, 6) is 0.922. The van der Waals surface area contributed by atoms with Crippen LogP contribution in [0.15, 0.2) is 24.3 Å². The third kappa shape index (κ3) is 4.82. The van der Waals surface area contributed by atoms with E-state index in [2.05, 4.69) is 33.3 Å². The first-order chi connectivity index (χ1) is 11.7. The molecule has 2 fully saturated rings. The molecule has 1 aromatic rings. The van der Waals surface area contributed by atoms with Crippen molar-refractivity contribution in [2.75, 3.05) is 46.4 Å². The molecule has 2 saturated heterocycles.